The van der Waals surface area contributed by atoms with E-state index in [0.717, 1.165) is 0 Å². The van der Waals surface area contributed by atoms with Gasteiger partial charge in [0.1, 0.15) is 4.60 Å². The number of hydrogen-bond donors (Lipinski definition) is 2. The minimum atomic E-state index is -0.496. The highest BCUT2D eigenvalue weighted by molar-refractivity contribution is 9.10. The highest BCUT2D eigenvalue weighted by Crippen LogP contribution is 2.27. The fourth-order valence-electron chi connectivity index (χ4n) is 1.69. The fourth-order valence-corrected chi connectivity index (χ4v) is 1.98. The topological polar surface area (TPSA) is 115 Å². The highest BCUT2D eigenvalue weighted by Gasteiger charge is 2.35. The molecule has 8 heteroatoms. The Hall–Kier alpha value is -1.70. The third-order valence-corrected chi connectivity index (χ3v) is 2.91. The van der Waals surface area contributed by atoms with Crippen molar-refractivity contribution in [2.24, 2.45) is 11.7 Å². The van der Waals surface area contributed by atoms with Crippen LogP contribution in [0.15, 0.2) is 10.8 Å². The maximum atomic E-state index is 11.7. The molecule has 2 heterocycles. The molecular formula is C9H10BrN5O2. The smallest absolute Gasteiger partial charge is 0.229 e. The molecule has 17 heavy (non-hydrogen) atoms. The molecule has 1 fully saturated rings. The molecule has 1 aromatic heterocycles. The van der Waals surface area contributed by atoms with E-state index in [1.807, 2.05) is 0 Å². The Morgan fingerprint density at radius 2 is 2.29 bits per heavy atom. The van der Waals surface area contributed by atoms with Gasteiger partial charge in [0.25, 0.3) is 0 Å². The number of amides is 2. The van der Waals surface area contributed by atoms with Crippen molar-refractivity contribution in [3.8, 4) is 0 Å². The van der Waals surface area contributed by atoms with Crippen LogP contribution in [0.4, 0.5) is 11.6 Å². The maximum Gasteiger partial charge on any atom is 0.229 e. The molecule has 90 valence electrons. The summed E-state index contributed by atoms with van der Waals surface area (Å²) in [4.78, 5) is 32.0. The molecule has 7 nitrogen and oxygen atoms in total. The van der Waals surface area contributed by atoms with E-state index in [-0.39, 0.29) is 30.5 Å². The summed E-state index contributed by atoms with van der Waals surface area (Å²) in [5, 5.41) is 0. The van der Waals surface area contributed by atoms with Crippen LogP contribution < -0.4 is 16.4 Å². The van der Waals surface area contributed by atoms with Gasteiger partial charge in [0.2, 0.25) is 11.8 Å². The Labute approximate surface area is 105 Å². The molecule has 0 radical (unpaired) electrons. The number of aromatic nitrogens is 2. The zero-order chi connectivity index (χ0) is 12.6. The van der Waals surface area contributed by atoms with Crippen LogP contribution in [-0.4, -0.2) is 28.3 Å². The number of nitrogens with zero attached hydrogens (tertiary/aromatic N) is 3. The average molecular weight is 300 g/mol. The summed E-state index contributed by atoms with van der Waals surface area (Å²) in [6.45, 7) is 0.203. The van der Waals surface area contributed by atoms with Gasteiger partial charge in [0, 0.05) is 13.0 Å². The summed E-state index contributed by atoms with van der Waals surface area (Å²) >= 11 is 3.12. The van der Waals surface area contributed by atoms with Gasteiger partial charge in [0.05, 0.1) is 12.1 Å². The summed E-state index contributed by atoms with van der Waals surface area (Å²) in [6, 6.07) is 0. The number of nitrogen functional groups attached to an aromatic ring is 1. The lowest BCUT2D eigenvalue weighted by Crippen LogP contribution is -2.29. The standard InChI is InChI=1S/C9H10BrN5O2/c10-5-2-13-9(7(11)14-5)15-3-4(8(12)17)1-6(15)16/h2,4H,1,3H2,(H2,11,14)(H2,12,17). The van der Waals surface area contributed by atoms with Crippen LogP contribution in [-0.2, 0) is 9.59 Å². The van der Waals surface area contributed by atoms with Crippen LogP contribution in [0.1, 0.15) is 6.42 Å². The second-order valence-corrected chi connectivity index (χ2v) is 4.52. The van der Waals surface area contributed by atoms with E-state index < -0.39 is 11.8 Å². The highest BCUT2D eigenvalue weighted by atomic mass is 79.9. The minimum absolute atomic E-state index is 0.0898. The number of carbonyl (C=O) groups is 2. The van der Waals surface area contributed by atoms with E-state index in [1.165, 1.54) is 11.1 Å². The summed E-state index contributed by atoms with van der Waals surface area (Å²) in [7, 11) is 0. The second-order valence-electron chi connectivity index (χ2n) is 3.71. The molecule has 0 saturated carbocycles. The van der Waals surface area contributed by atoms with Crippen molar-refractivity contribution in [1.82, 2.24) is 9.97 Å². The van der Waals surface area contributed by atoms with E-state index in [2.05, 4.69) is 25.9 Å². The van der Waals surface area contributed by atoms with E-state index in [0.29, 0.717) is 4.60 Å². The average Bonchev–Trinajstić information content (AvgIpc) is 2.61. The van der Waals surface area contributed by atoms with Crippen LogP contribution >= 0.6 is 15.9 Å². The molecule has 1 aromatic rings. The van der Waals surface area contributed by atoms with Crippen molar-refractivity contribution in [2.75, 3.05) is 17.2 Å². The van der Waals surface area contributed by atoms with Gasteiger partial charge in [-0.3, -0.25) is 14.5 Å². The molecular weight excluding hydrogens is 290 g/mol. The number of rotatable bonds is 2. The number of nitrogens with two attached hydrogens (primary N) is 2. The van der Waals surface area contributed by atoms with Crippen molar-refractivity contribution < 1.29 is 9.59 Å². The molecule has 1 atom stereocenters. The number of hydrogen-bond acceptors (Lipinski definition) is 5. The first-order valence-electron chi connectivity index (χ1n) is 4.86. The van der Waals surface area contributed by atoms with Crippen molar-refractivity contribution in [2.45, 2.75) is 6.42 Å². The van der Waals surface area contributed by atoms with Crippen LogP contribution in [0, 0.1) is 5.92 Å². The quantitative estimate of drug-likeness (QED) is 0.775. The summed E-state index contributed by atoms with van der Waals surface area (Å²) < 4.78 is 0.483. The van der Waals surface area contributed by atoms with Gasteiger partial charge in [-0.25, -0.2) is 9.97 Å². The van der Waals surface area contributed by atoms with Crippen LogP contribution in [0.25, 0.3) is 0 Å². The van der Waals surface area contributed by atoms with Crippen molar-refractivity contribution in [3.05, 3.63) is 10.8 Å². The third kappa shape index (κ3) is 2.21. The summed E-state index contributed by atoms with van der Waals surface area (Å²) in [5.74, 6) is -0.811. The molecule has 0 spiro atoms. The number of halogens is 1. The van der Waals surface area contributed by atoms with Crippen LogP contribution in [0.3, 0.4) is 0 Å². The van der Waals surface area contributed by atoms with Gasteiger partial charge < -0.3 is 11.5 Å². The number of carbonyl (C=O) groups excluding carboxylic acids is 2. The maximum absolute atomic E-state index is 11.7. The van der Waals surface area contributed by atoms with Crippen LogP contribution in [0.5, 0.6) is 0 Å². The lowest BCUT2D eigenvalue weighted by atomic mass is 10.1. The molecule has 2 amide bonds. The predicted octanol–water partition coefficient (Wildman–Crippen LogP) is -0.341. The monoisotopic (exact) mass is 299 g/mol. The molecule has 2 rings (SSSR count). The molecule has 1 aliphatic rings. The third-order valence-electron chi connectivity index (χ3n) is 2.53. The molecule has 1 saturated heterocycles. The van der Waals surface area contributed by atoms with Gasteiger partial charge in [-0.05, 0) is 15.9 Å². The van der Waals surface area contributed by atoms with Crippen LogP contribution in [0.2, 0.25) is 0 Å². The van der Waals surface area contributed by atoms with Gasteiger partial charge in [-0.15, -0.1) is 0 Å². The Morgan fingerprint density at radius 3 is 2.82 bits per heavy atom. The predicted molar refractivity (Wildman–Crippen MR) is 63.8 cm³/mol. The van der Waals surface area contributed by atoms with Crippen molar-refractivity contribution in [3.63, 3.8) is 0 Å². The first-order chi connectivity index (χ1) is 7.99. The molecule has 0 aliphatic carbocycles. The zero-order valence-corrected chi connectivity index (χ0v) is 10.3. The molecule has 1 unspecified atom stereocenters. The lowest BCUT2D eigenvalue weighted by Gasteiger charge is -2.16. The number of anilines is 2. The minimum Gasteiger partial charge on any atom is -0.381 e. The Morgan fingerprint density at radius 1 is 1.59 bits per heavy atom. The first kappa shape index (κ1) is 11.8. The molecule has 1 aliphatic heterocycles. The van der Waals surface area contributed by atoms with Crippen molar-refractivity contribution >= 4 is 39.4 Å². The van der Waals surface area contributed by atoms with Gasteiger partial charge in [-0.2, -0.15) is 0 Å². The van der Waals surface area contributed by atoms with E-state index in [4.69, 9.17) is 11.5 Å². The molecule has 4 N–H and O–H groups in total. The first-order valence-corrected chi connectivity index (χ1v) is 5.66. The van der Waals surface area contributed by atoms with E-state index in [1.54, 1.807) is 0 Å². The summed E-state index contributed by atoms with van der Waals surface area (Å²) in [5.41, 5.74) is 10.8. The normalized spacial score (nSPS) is 19.7. The van der Waals surface area contributed by atoms with Gasteiger partial charge in [0.15, 0.2) is 11.6 Å². The lowest BCUT2D eigenvalue weighted by molar-refractivity contribution is -0.123. The largest absolute Gasteiger partial charge is 0.381 e. The zero-order valence-electron chi connectivity index (χ0n) is 8.76. The van der Waals surface area contributed by atoms with Crippen molar-refractivity contribution in [1.29, 1.82) is 0 Å². The Balaban J connectivity index is 2.29. The number of primary amides is 1. The SMILES string of the molecule is NC(=O)C1CC(=O)N(c2ncc(Br)nc2N)C1. The molecule has 0 aromatic carbocycles. The fraction of sp³-hybridized carbons (Fsp3) is 0.333. The Kier molecular flexibility index (Phi) is 2.97. The summed E-state index contributed by atoms with van der Waals surface area (Å²) in [6.07, 6.45) is 1.53. The van der Waals surface area contributed by atoms with Gasteiger partial charge in [-0.1, -0.05) is 0 Å². The van der Waals surface area contributed by atoms with Gasteiger partial charge >= 0.3 is 0 Å². The second kappa shape index (κ2) is 4.28. The van der Waals surface area contributed by atoms with E-state index >= 15 is 0 Å². The molecule has 0 bridgehead atoms. The van der Waals surface area contributed by atoms with E-state index in [9.17, 15) is 9.59 Å². The Bertz CT molecular complexity index is 492.